The van der Waals surface area contributed by atoms with Crippen molar-refractivity contribution in [3.05, 3.63) is 40.4 Å². The average molecular weight is 264 g/mol. The lowest BCUT2D eigenvalue weighted by atomic mass is 10.2. The molecule has 18 heavy (non-hydrogen) atoms. The van der Waals surface area contributed by atoms with Gasteiger partial charge in [-0.3, -0.25) is 5.10 Å². The molecule has 2 rings (SSSR count). The molecule has 0 aliphatic rings. The molecule has 0 bridgehead atoms. The standard InChI is InChI=1S/C12H16N4OS/c1-3-17-11-6-4-10(5-7-11)8-13-16-9(2)14-15-12(16)18/h4-7,13H,3,8H2,1-2H3,(H,15,18). The van der Waals surface area contributed by atoms with Crippen LogP contribution >= 0.6 is 12.2 Å². The molecule has 1 aromatic carbocycles. The van der Waals surface area contributed by atoms with Gasteiger partial charge < -0.3 is 10.2 Å². The molecule has 0 saturated heterocycles. The van der Waals surface area contributed by atoms with Gasteiger partial charge in [-0.1, -0.05) is 12.1 Å². The second-order valence-corrected chi connectivity index (χ2v) is 4.21. The number of hydrogen-bond acceptors (Lipinski definition) is 4. The van der Waals surface area contributed by atoms with Crippen LogP contribution in [0.2, 0.25) is 0 Å². The van der Waals surface area contributed by atoms with E-state index in [1.165, 1.54) is 0 Å². The summed E-state index contributed by atoms with van der Waals surface area (Å²) in [6.07, 6.45) is 0. The zero-order valence-corrected chi connectivity index (χ0v) is 11.3. The number of ether oxygens (including phenoxy) is 1. The second kappa shape index (κ2) is 5.68. The number of nitrogens with zero attached hydrogens (tertiary/aromatic N) is 2. The molecule has 2 aromatic rings. The van der Waals surface area contributed by atoms with Crippen LogP contribution in [-0.2, 0) is 6.54 Å². The van der Waals surface area contributed by atoms with Crippen LogP contribution < -0.4 is 10.2 Å². The van der Waals surface area contributed by atoms with Crippen LogP contribution in [0.25, 0.3) is 0 Å². The topological polar surface area (TPSA) is 54.9 Å². The monoisotopic (exact) mass is 264 g/mol. The Bertz CT molecular complexity index is 558. The van der Waals surface area contributed by atoms with Gasteiger partial charge in [0.05, 0.1) is 13.2 Å². The van der Waals surface area contributed by atoms with Crippen LogP contribution in [0.4, 0.5) is 0 Å². The Morgan fingerprint density at radius 3 is 2.67 bits per heavy atom. The first-order chi connectivity index (χ1) is 8.70. The van der Waals surface area contributed by atoms with Crippen molar-refractivity contribution in [2.45, 2.75) is 20.4 Å². The Balaban J connectivity index is 2.00. The van der Waals surface area contributed by atoms with E-state index in [1.807, 2.05) is 38.1 Å². The normalized spacial score (nSPS) is 10.3. The van der Waals surface area contributed by atoms with Crippen LogP contribution in [0.15, 0.2) is 24.3 Å². The van der Waals surface area contributed by atoms with E-state index in [0.29, 0.717) is 17.9 Å². The molecule has 1 aromatic heterocycles. The molecule has 0 spiro atoms. The van der Waals surface area contributed by atoms with Gasteiger partial charge in [-0.15, -0.1) is 0 Å². The van der Waals surface area contributed by atoms with Crippen molar-refractivity contribution in [2.24, 2.45) is 0 Å². The van der Waals surface area contributed by atoms with Crippen LogP contribution in [0.1, 0.15) is 18.3 Å². The molecule has 0 radical (unpaired) electrons. The van der Waals surface area contributed by atoms with Gasteiger partial charge in [-0.25, -0.2) is 4.68 Å². The SMILES string of the molecule is CCOc1ccc(CNn2c(C)n[nH]c2=S)cc1. The third kappa shape index (κ3) is 2.89. The van der Waals surface area contributed by atoms with E-state index >= 15 is 0 Å². The third-order valence-corrected chi connectivity index (χ3v) is 2.79. The molecule has 0 fully saturated rings. The highest BCUT2D eigenvalue weighted by Gasteiger charge is 2.00. The van der Waals surface area contributed by atoms with Crippen LogP contribution in [0.5, 0.6) is 5.75 Å². The lowest BCUT2D eigenvalue weighted by molar-refractivity contribution is 0.340. The van der Waals surface area contributed by atoms with Crippen LogP contribution in [0, 0.1) is 11.7 Å². The predicted octanol–water partition coefficient (Wildman–Crippen LogP) is 2.39. The van der Waals surface area contributed by atoms with Gasteiger partial charge in [-0.2, -0.15) is 5.10 Å². The molecule has 0 saturated carbocycles. The van der Waals surface area contributed by atoms with Crippen molar-refractivity contribution < 1.29 is 4.74 Å². The van der Waals surface area contributed by atoms with Gasteiger partial charge in [-0.05, 0) is 43.8 Å². The highest BCUT2D eigenvalue weighted by molar-refractivity contribution is 7.71. The zero-order chi connectivity index (χ0) is 13.0. The van der Waals surface area contributed by atoms with E-state index in [4.69, 9.17) is 17.0 Å². The maximum Gasteiger partial charge on any atom is 0.214 e. The highest BCUT2D eigenvalue weighted by atomic mass is 32.1. The fourth-order valence-electron chi connectivity index (χ4n) is 1.60. The van der Waals surface area contributed by atoms with Gasteiger partial charge in [0.1, 0.15) is 11.6 Å². The van der Waals surface area contributed by atoms with Crippen molar-refractivity contribution in [3.63, 3.8) is 0 Å². The summed E-state index contributed by atoms with van der Waals surface area (Å²) in [6.45, 7) is 5.22. The number of rotatable bonds is 5. The Morgan fingerprint density at radius 2 is 2.11 bits per heavy atom. The minimum Gasteiger partial charge on any atom is -0.494 e. The number of aryl methyl sites for hydroxylation is 1. The summed E-state index contributed by atoms with van der Waals surface area (Å²) >= 11 is 5.11. The molecule has 0 atom stereocenters. The number of aromatic amines is 1. The fraction of sp³-hybridized carbons (Fsp3) is 0.333. The van der Waals surface area contributed by atoms with Crippen LogP contribution in [-0.4, -0.2) is 21.5 Å². The van der Waals surface area contributed by atoms with E-state index in [2.05, 4.69) is 15.6 Å². The summed E-state index contributed by atoms with van der Waals surface area (Å²) in [7, 11) is 0. The first kappa shape index (κ1) is 12.6. The Hall–Kier alpha value is -1.82. The molecule has 96 valence electrons. The summed E-state index contributed by atoms with van der Waals surface area (Å²) in [6, 6.07) is 7.97. The number of benzene rings is 1. The lowest BCUT2D eigenvalue weighted by Crippen LogP contribution is -2.15. The van der Waals surface area contributed by atoms with Gasteiger partial charge in [0, 0.05) is 0 Å². The Labute approximate surface area is 111 Å². The van der Waals surface area contributed by atoms with Crippen LogP contribution in [0.3, 0.4) is 0 Å². The summed E-state index contributed by atoms with van der Waals surface area (Å²) in [5.74, 6) is 1.70. The maximum atomic E-state index is 5.39. The molecule has 0 aliphatic heterocycles. The van der Waals surface area contributed by atoms with Crippen molar-refractivity contribution in [3.8, 4) is 5.75 Å². The maximum absolute atomic E-state index is 5.39. The quantitative estimate of drug-likeness (QED) is 0.814. The summed E-state index contributed by atoms with van der Waals surface area (Å²) in [5.41, 5.74) is 4.36. The summed E-state index contributed by atoms with van der Waals surface area (Å²) in [4.78, 5) is 0. The van der Waals surface area contributed by atoms with Gasteiger partial charge in [0.15, 0.2) is 0 Å². The smallest absolute Gasteiger partial charge is 0.214 e. The zero-order valence-electron chi connectivity index (χ0n) is 10.4. The Kier molecular flexibility index (Phi) is 3.99. The minimum absolute atomic E-state index is 0.568. The van der Waals surface area contributed by atoms with E-state index in [1.54, 1.807) is 4.68 Å². The first-order valence-electron chi connectivity index (χ1n) is 5.80. The van der Waals surface area contributed by atoms with Gasteiger partial charge in [0.2, 0.25) is 4.77 Å². The largest absolute Gasteiger partial charge is 0.494 e. The van der Waals surface area contributed by atoms with E-state index in [-0.39, 0.29) is 0 Å². The summed E-state index contributed by atoms with van der Waals surface area (Å²) < 4.78 is 7.72. The van der Waals surface area contributed by atoms with E-state index < -0.39 is 0 Å². The van der Waals surface area contributed by atoms with Gasteiger partial charge in [0.25, 0.3) is 0 Å². The molecule has 0 unspecified atom stereocenters. The first-order valence-corrected chi connectivity index (χ1v) is 6.21. The summed E-state index contributed by atoms with van der Waals surface area (Å²) in [5, 5.41) is 6.76. The second-order valence-electron chi connectivity index (χ2n) is 3.82. The molecular weight excluding hydrogens is 248 g/mol. The molecule has 6 heteroatoms. The number of hydrogen-bond donors (Lipinski definition) is 2. The lowest BCUT2D eigenvalue weighted by Gasteiger charge is -2.09. The fourth-order valence-corrected chi connectivity index (χ4v) is 1.84. The minimum atomic E-state index is 0.568. The molecule has 2 N–H and O–H groups in total. The van der Waals surface area contributed by atoms with E-state index in [9.17, 15) is 0 Å². The molecule has 0 amide bonds. The molecule has 0 aliphatic carbocycles. The van der Waals surface area contributed by atoms with Crippen molar-refractivity contribution >= 4 is 12.2 Å². The number of H-pyrrole nitrogens is 1. The average Bonchev–Trinajstić information content (AvgIpc) is 2.69. The van der Waals surface area contributed by atoms with Gasteiger partial charge >= 0.3 is 0 Å². The molecule has 5 nitrogen and oxygen atoms in total. The van der Waals surface area contributed by atoms with E-state index in [0.717, 1.165) is 17.1 Å². The van der Waals surface area contributed by atoms with Crippen molar-refractivity contribution in [1.82, 2.24) is 14.9 Å². The molecule has 1 heterocycles. The van der Waals surface area contributed by atoms with Crippen molar-refractivity contribution in [2.75, 3.05) is 12.0 Å². The third-order valence-electron chi connectivity index (χ3n) is 2.52. The predicted molar refractivity (Wildman–Crippen MR) is 72.8 cm³/mol. The van der Waals surface area contributed by atoms with Crippen molar-refractivity contribution in [1.29, 1.82) is 0 Å². The number of aromatic nitrogens is 3. The molecular formula is C12H16N4OS. The Morgan fingerprint density at radius 1 is 1.39 bits per heavy atom. The highest BCUT2D eigenvalue weighted by Crippen LogP contribution is 2.12. The number of nitrogens with one attached hydrogen (secondary N) is 2.